The van der Waals surface area contributed by atoms with E-state index < -0.39 is 12.1 Å². The summed E-state index contributed by atoms with van der Waals surface area (Å²) in [5.74, 6) is -1.25. The Balaban J connectivity index is 1.92. The molecular weight excluding hydrogens is 388 g/mol. The first-order chi connectivity index (χ1) is 14.0. The number of carbonyl (C=O) groups excluding carboxylic acids is 3. The van der Waals surface area contributed by atoms with E-state index in [4.69, 9.17) is 4.74 Å². The van der Waals surface area contributed by atoms with Crippen molar-refractivity contribution in [2.24, 2.45) is 0 Å². The molecule has 1 heterocycles. The summed E-state index contributed by atoms with van der Waals surface area (Å²) in [7, 11) is 1.28. The summed E-state index contributed by atoms with van der Waals surface area (Å²) in [6.07, 6.45) is -1.07. The Morgan fingerprint density at radius 3 is 2.34 bits per heavy atom. The first-order valence-electron chi connectivity index (χ1n) is 8.88. The number of esters is 1. The van der Waals surface area contributed by atoms with Crippen molar-refractivity contribution in [3.8, 4) is 0 Å². The molecule has 0 saturated heterocycles. The third-order valence-electron chi connectivity index (χ3n) is 4.25. The number of nitrogens with one attached hydrogen (secondary N) is 2. The summed E-state index contributed by atoms with van der Waals surface area (Å²) < 4.78 is 4.81. The van der Waals surface area contributed by atoms with Crippen LogP contribution in [-0.4, -0.2) is 30.9 Å². The van der Waals surface area contributed by atoms with Crippen LogP contribution in [0.3, 0.4) is 0 Å². The standard InChI is InChI=1S/C22H20N2O4S/c1-14-9-11-15(12-10-14)19(25)20(24-21(26)18-8-5-13-29-18)23-17-7-4-3-6-16(17)22(27)28-2/h3-13,20,23H,1-2H3,(H,24,26)/t20-/m0/s1. The van der Waals surface area contributed by atoms with Crippen LogP contribution >= 0.6 is 11.3 Å². The third kappa shape index (κ3) is 4.89. The van der Waals surface area contributed by atoms with Crippen molar-refractivity contribution in [1.29, 1.82) is 0 Å². The van der Waals surface area contributed by atoms with Gasteiger partial charge in [0.15, 0.2) is 6.17 Å². The number of aryl methyl sites for hydroxylation is 1. The smallest absolute Gasteiger partial charge is 0.339 e. The van der Waals surface area contributed by atoms with E-state index in [0.29, 0.717) is 16.1 Å². The molecule has 0 saturated carbocycles. The minimum atomic E-state index is -1.07. The molecule has 0 aliphatic rings. The van der Waals surface area contributed by atoms with Crippen molar-refractivity contribution >= 4 is 34.7 Å². The number of hydrogen-bond donors (Lipinski definition) is 2. The fourth-order valence-electron chi connectivity index (χ4n) is 2.71. The fourth-order valence-corrected chi connectivity index (χ4v) is 3.34. The van der Waals surface area contributed by atoms with Gasteiger partial charge in [0.05, 0.1) is 23.2 Å². The van der Waals surface area contributed by atoms with Gasteiger partial charge in [0, 0.05) is 5.56 Å². The van der Waals surface area contributed by atoms with E-state index in [1.807, 2.05) is 19.1 Å². The summed E-state index contributed by atoms with van der Waals surface area (Å²) in [4.78, 5) is 38.3. The highest BCUT2D eigenvalue weighted by Crippen LogP contribution is 2.19. The van der Waals surface area contributed by atoms with Crippen LogP contribution in [0.25, 0.3) is 0 Å². The van der Waals surface area contributed by atoms with Crippen molar-refractivity contribution in [1.82, 2.24) is 5.32 Å². The van der Waals surface area contributed by atoms with Crippen molar-refractivity contribution in [3.05, 3.63) is 87.6 Å². The van der Waals surface area contributed by atoms with E-state index in [1.54, 1.807) is 53.9 Å². The zero-order valence-corrected chi connectivity index (χ0v) is 16.8. The summed E-state index contributed by atoms with van der Waals surface area (Å²) in [5.41, 5.74) is 2.11. The Morgan fingerprint density at radius 1 is 0.966 bits per heavy atom. The number of methoxy groups -OCH3 is 1. The van der Waals surface area contributed by atoms with E-state index >= 15 is 0 Å². The van der Waals surface area contributed by atoms with Gasteiger partial charge in [-0.25, -0.2) is 4.79 Å². The topological polar surface area (TPSA) is 84.5 Å². The molecule has 0 spiro atoms. The molecule has 1 amide bonds. The first kappa shape index (κ1) is 20.3. The summed E-state index contributed by atoms with van der Waals surface area (Å²) in [6.45, 7) is 1.93. The number of benzene rings is 2. The number of Topliss-reactive ketones (excluding diaryl/α,β-unsaturated/α-hetero) is 1. The minimum Gasteiger partial charge on any atom is -0.465 e. The molecule has 29 heavy (non-hydrogen) atoms. The lowest BCUT2D eigenvalue weighted by Gasteiger charge is -2.21. The minimum absolute atomic E-state index is 0.266. The molecule has 2 N–H and O–H groups in total. The molecule has 7 heteroatoms. The fraction of sp³-hybridized carbons (Fsp3) is 0.136. The Kier molecular flexibility index (Phi) is 6.41. The zero-order chi connectivity index (χ0) is 20.8. The number of hydrogen-bond acceptors (Lipinski definition) is 6. The van der Waals surface area contributed by atoms with Gasteiger partial charge < -0.3 is 15.4 Å². The molecule has 148 valence electrons. The van der Waals surface area contributed by atoms with E-state index in [1.165, 1.54) is 18.4 Å². The van der Waals surface area contributed by atoms with E-state index in [-0.39, 0.29) is 17.3 Å². The molecule has 1 aromatic heterocycles. The quantitative estimate of drug-likeness (QED) is 0.352. The van der Waals surface area contributed by atoms with Gasteiger partial charge in [-0.15, -0.1) is 11.3 Å². The van der Waals surface area contributed by atoms with Gasteiger partial charge in [0.1, 0.15) is 0 Å². The molecule has 0 aliphatic heterocycles. The number of rotatable bonds is 7. The van der Waals surface area contributed by atoms with Gasteiger partial charge in [0.2, 0.25) is 5.78 Å². The van der Waals surface area contributed by atoms with Gasteiger partial charge in [0.25, 0.3) is 5.91 Å². The van der Waals surface area contributed by atoms with Crippen molar-refractivity contribution in [2.75, 3.05) is 12.4 Å². The lowest BCUT2D eigenvalue weighted by Crippen LogP contribution is -2.46. The lowest BCUT2D eigenvalue weighted by molar-refractivity contribution is 0.0601. The van der Waals surface area contributed by atoms with Crippen LogP contribution in [0, 0.1) is 6.92 Å². The maximum Gasteiger partial charge on any atom is 0.339 e. The molecule has 6 nitrogen and oxygen atoms in total. The zero-order valence-electron chi connectivity index (χ0n) is 16.0. The normalized spacial score (nSPS) is 11.4. The average molecular weight is 408 g/mol. The van der Waals surface area contributed by atoms with Crippen LogP contribution in [0.2, 0.25) is 0 Å². The van der Waals surface area contributed by atoms with Gasteiger partial charge in [-0.1, -0.05) is 48.0 Å². The van der Waals surface area contributed by atoms with Gasteiger partial charge in [-0.05, 0) is 30.5 Å². The number of para-hydroxylation sites is 1. The van der Waals surface area contributed by atoms with Crippen molar-refractivity contribution < 1.29 is 19.1 Å². The Bertz CT molecular complexity index is 1010. The summed E-state index contributed by atoms with van der Waals surface area (Å²) >= 11 is 1.28. The Labute approximate surface area is 172 Å². The van der Waals surface area contributed by atoms with Crippen LogP contribution < -0.4 is 10.6 Å². The van der Waals surface area contributed by atoms with E-state index in [2.05, 4.69) is 10.6 Å². The number of amides is 1. The number of ether oxygens (including phenoxy) is 1. The van der Waals surface area contributed by atoms with Gasteiger partial charge >= 0.3 is 5.97 Å². The average Bonchev–Trinajstić information content (AvgIpc) is 3.28. The lowest BCUT2D eigenvalue weighted by atomic mass is 10.1. The molecular formula is C22H20N2O4S. The number of ketones is 1. The summed E-state index contributed by atoms with van der Waals surface area (Å²) in [5, 5.41) is 7.50. The largest absolute Gasteiger partial charge is 0.465 e. The molecule has 0 unspecified atom stereocenters. The molecule has 3 rings (SSSR count). The predicted molar refractivity (Wildman–Crippen MR) is 112 cm³/mol. The maximum atomic E-state index is 13.1. The second-order valence-electron chi connectivity index (χ2n) is 6.30. The second-order valence-corrected chi connectivity index (χ2v) is 7.24. The monoisotopic (exact) mass is 408 g/mol. The molecule has 0 radical (unpaired) electrons. The molecule has 0 bridgehead atoms. The maximum absolute atomic E-state index is 13.1. The molecule has 1 atom stereocenters. The van der Waals surface area contributed by atoms with Gasteiger partial charge in [-0.3, -0.25) is 9.59 Å². The van der Waals surface area contributed by atoms with Crippen molar-refractivity contribution in [2.45, 2.75) is 13.1 Å². The highest BCUT2D eigenvalue weighted by molar-refractivity contribution is 7.12. The first-order valence-corrected chi connectivity index (χ1v) is 9.76. The van der Waals surface area contributed by atoms with Crippen LogP contribution in [0.15, 0.2) is 66.0 Å². The van der Waals surface area contributed by atoms with Crippen LogP contribution in [0.1, 0.15) is 36.0 Å². The molecule has 3 aromatic rings. The molecule has 0 aliphatic carbocycles. The van der Waals surface area contributed by atoms with E-state index in [9.17, 15) is 14.4 Å². The third-order valence-corrected chi connectivity index (χ3v) is 5.12. The Hall–Kier alpha value is -3.45. The SMILES string of the molecule is COC(=O)c1ccccc1N[C@@H](NC(=O)c1cccs1)C(=O)c1ccc(C)cc1. The van der Waals surface area contributed by atoms with Crippen LogP contribution in [-0.2, 0) is 4.74 Å². The number of carbonyl (C=O) groups is 3. The van der Waals surface area contributed by atoms with E-state index in [0.717, 1.165) is 5.56 Å². The van der Waals surface area contributed by atoms with Gasteiger partial charge in [-0.2, -0.15) is 0 Å². The van der Waals surface area contributed by atoms with Crippen LogP contribution in [0.5, 0.6) is 0 Å². The number of anilines is 1. The van der Waals surface area contributed by atoms with Crippen LogP contribution in [0.4, 0.5) is 5.69 Å². The predicted octanol–water partition coefficient (Wildman–Crippen LogP) is 3.89. The molecule has 2 aromatic carbocycles. The Morgan fingerprint density at radius 2 is 1.69 bits per heavy atom. The highest BCUT2D eigenvalue weighted by Gasteiger charge is 2.25. The molecule has 0 fully saturated rings. The second kappa shape index (κ2) is 9.16. The summed E-state index contributed by atoms with van der Waals surface area (Å²) in [6, 6.07) is 17.2. The number of thiophene rings is 1. The highest BCUT2D eigenvalue weighted by atomic mass is 32.1. The van der Waals surface area contributed by atoms with Crippen molar-refractivity contribution in [3.63, 3.8) is 0 Å².